The van der Waals surface area contributed by atoms with E-state index in [0.29, 0.717) is 36.8 Å². The maximum atomic E-state index is 14.4. The van der Waals surface area contributed by atoms with Gasteiger partial charge in [-0.2, -0.15) is 0 Å². The van der Waals surface area contributed by atoms with Gasteiger partial charge in [0.15, 0.2) is 17.5 Å². The highest BCUT2D eigenvalue weighted by Crippen LogP contribution is 2.43. The Morgan fingerprint density at radius 2 is 1.21 bits per heavy atom. The number of halogens is 6. The maximum Gasteiger partial charge on any atom is 0.195 e. The third-order valence-electron chi connectivity index (χ3n) is 5.88. The van der Waals surface area contributed by atoms with E-state index in [9.17, 15) is 26.3 Å². The molecule has 0 unspecified atom stereocenters. The second kappa shape index (κ2) is 7.39. The number of aryl methyl sites for hydroxylation is 1. The quantitative estimate of drug-likeness (QED) is 0.306. The lowest BCUT2D eigenvalue weighted by molar-refractivity contribution is 0.376. The summed E-state index contributed by atoms with van der Waals surface area (Å²) in [7, 11) is 0. The van der Waals surface area contributed by atoms with Crippen molar-refractivity contribution in [2.75, 3.05) is 0 Å². The highest BCUT2D eigenvalue weighted by atomic mass is 19.2. The van der Waals surface area contributed by atoms with Crippen molar-refractivity contribution >= 4 is 10.8 Å². The molecule has 3 aromatic carbocycles. The minimum atomic E-state index is -1.70. The minimum Gasteiger partial charge on any atom is -0.207 e. The molecule has 4 rings (SSSR count). The molecule has 1 aliphatic rings. The largest absolute Gasteiger partial charge is 0.207 e. The van der Waals surface area contributed by atoms with Crippen LogP contribution in [0.15, 0.2) is 30.3 Å². The van der Waals surface area contributed by atoms with Crippen LogP contribution in [-0.4, -0.2) is 0 Å². The third kappa shape index (κ3) is 3.49. The second-order valence-electron chi connectivity index (χ2n) is 7.78. The first-order valence-corrected chi connectivity index (χ1v) is 9.48. The Labute approximate surface area is 164 Å². The van der Waals surface area contributed by atoms with Crippen LogP contribution >= 0.6 is 0 Å². The van der Waals surface area contributed by atoms with Gasteiger partial charge in [0.1, 0.15) is 17.5 Å². The van der Waals surface area contributed by atoms with Gasteiger partial charge in [0.05, 0.1) is 5.39 Å². The summed E-state index contributed by atoms with van der Waals surface area (Å²) in [5.41, 5.74) is 1.14. The van der Waals surface area contributed by atoms with Gasteiger partial charge in [-0.05, 0) is 85.2 Å². The molecule has 0 N–H and O–H groups in total. The van der Waals surface area contributed by atoms with E-state index >= 15 is 0 Å². The van der Waals surface area contributed by atoms with Gasteiger partial charge >= 0.3 is 0 Å². The number of benzene rings is 3. The number of rotatable bonds is 2. The van der Waals surface area contributed by atoms with Crippen molar-refractivity contribution in [1.29, 1.82) is 0 Å². The molecule has 0 amide bonds. The average Bonchev–Trinajstić information content (AvgIpc) is 2.65. The smallest absolute Gasteiger partial charge is 0.195 e. The van der Waals surface area contributed by atoms with Crippen LogP contribution < -0.4 is 0 Å². The van der Waals surface area contributed by atoms with Crippen LogP contribution in [0.25, 0.3) is 10.8 Å². The molecule has 0 atom stereocenters. The fourth-order valence-corrected chi connectivity index (χ4v) is 4.46. The molecule has 1 fully saturated rings. The van der Waals surface area contributed by atoms with E-state index in [2.05, 4.69) is 0 Å². The Balaban J connectivity index is 1.61. The van der Waals surface area contributed by atoms with Crippen molar-refractivity contribution in [2.45, 2.75) is 44.4 Å². The van der Waals surface area contributed by atoms with Crippen LogP contribution in [0.4, 0.5) is 26.3 Å². The molecule has 0 radical (unpaired) electrons. The van der Waals surface area contributed by atoms with E-state index in [1.165, 1.54) is 18.2 Å². The summed E-state index contributed by atoms with van der Waals surface area (Å²) in [6.07, 6.45) is 2.11. The van der Waals surface area contributed by atoms with Gasteiger partial charge in [-0.3, -0.25) is 0 Å². The maximum absolute atomic E-state index is 14.4. The van der Waals surface area contributed by atoms with Gasteiger partial charge in [-0.1, -0.05) is 6.07 Å². The molecule has 3 aromatic rings. The van der Waals surface area contributed by atoms with Gasteiger partial charge in [0, 0.05) is 5.56 Å². The van der Waals surface area contributed by atoms with Gasteiger partial charge in [0.25, 0.3) is 0 Å². The molecule has 0 aliphatic heterocycles. The molecule has 1 saturated carbocycles. The summed E-state index contributed by atoms with van der Waals surface area (Å²) in [5, 5.41) is -0.626. The second-order valence-corrected chi connectivity index (χ2v) is 7.78. The first kappa shape index (κ1) is 19.8. The fourth-order valence-electron chi connectivity index (χ4n) is 4.46. The SMILES string of the molecule is Cc1cc(F)c(C2CCC(c3cc(F)c4c(F)c(F)c(F)cc4c3)CC2)c(F)c1. The van der Waals surface area contributed by atoms with Crippen molar-refractivity contribution < 1.29 is 26.3 Å². The van der Waals surface area contributed by atoms with E-state index < -0.39 is 40.3 Å². The Kier molecular flexibility index (Phi) is 5.05. The lowest BCUT2D eigenvalue weighted by Gasteiger charge is -2.30. The summed E-state index contributed by atoms with van der Waals surface area (Å²) < 4.78 is 83.8. The van der Waals surface area contributed by atoms with Gasteiger partial charge in [-0.15, -0.1) is 0 Å². The lowest BCUT2D eigenvalue weighted by atomic mass is 9.75. The Morgan fingerprint density at radius 1 is 0.621 bits per heavy atom. The number of hydrogen-bond donors (Lipinski definition) is 0. The van der Waals surface area contributed by atoms with E-state index in [-0.39, 0.29) is 22.8 Å². The monoisotopic (exact) mass is 408 g/mol. The van der Waals surface area contributed by atoms with Crippen molar-refractivity contribution in [3.63, 3.8) is 0 Å². The number of hydrogen-bond acceptors (Lipinski definition) is 0. The third-order valence-corrected chi connectivity index (χ3v) is 5.88. The predicted molar refractivity (Wildman–Crippen MR) is 98.8 cm³/mol. The molecule has 0 bridgehead atoms. The first-order valence-electron chi connectivity index (χ1n) is 9.48. The highest BCUT2D eigenvalue weighted by molar-refractivity contribution is 5.84. The topological polar surface area (TPSA) is 0 Å². The molecule has 152 valence electrons. The zero-order chi connectivity index (χ0) is 20.9. The van der Waals surface area contributed by atoms with E-state index in [1.54, 1.807) is 6.92 Å². The van der Waals surface area contributed by atoms with Crippen molar-refractivity contribution in [2.24, 2.45) is 0 Å². The number of fused-ring (bicyclic) bond motifs is 1. The van der Waals surface area contributed by atoms with Gasteiger partial charge < -0.3 is 0 Å². The fraction of sp³-hybridized carbons (Fsp3) is 0.304. The average molecular weight is 408 g/mol. The zero-order valence-electron chi connectivity index (χ0n) is 15.6. The van der Waals surface area contributed by atoms with Crippen LogP contribution in [0.1, 0.15) is 54.2 Å². The van der Waals surface area contributed by atoms with Crippen LogP contribution in [-0.2, 0) is 0 Å². The van der Waals surface area contributed by atoms with Crippen molar-refractivity contribution in [3.05, 3.63) is 81.9 Å². The van der Waals surface area contributed by atoms with Crippen LogP contribution in [0.2, 0.25) is 0 Å². The standard InChI is InChI=1S/C23H18F6/c1-11-6-16(24)20(17(25)7-11)13-4-2-12(3-5-13)14-8-15-10-19(27)22(28)23(29)21(15)18(26)9-14/h6-10,12-13H,2-5H2,1H3. The molecular formula is C23H18F6. The summed E-state index contributed by atoms with van der Waals surface area (Å²) in [6.45, 7) is 1.62. The normalized spacial score (nSPS) is 19.7. The summed E-state index contributed by atoms with van der Waals surface area (Å²) in [5.74, 6) is -7.08. The summed E-state index contributed by atoms with van der Waals surface area (Å²) in [4.78, 5) is 0. The van der Waals surface area contributed by atoms with E-state index in [0.717, 1.165) is 12.1 Å². The van der Waals surface area contributed by atoms with Crippen molar-refractivity contribution in [3.8, 4) is 0 Å². The van der Waals surface area contributed by atoms with Gasteiger partial charge in [-0.25, -0.2) is 26.3 Å². The Hall–Kier alpha value is -2.50. The first-order chi connectivity index (χ1) is 13.8. The van der Waals surface area contributed by atoms with Crippen molar-refractivity contribution in [1.82, 2.24) is 0 Å². The molecule has 0 saturated heterocycles. The van der Waals surface area contributed by atoms with Gasteiger partial charge in [0.2, 0.25) is 0 Å². The summed E-state index contributed by atoms with van der Waals surface area (Å²) in [6, 6.07) is 6.00. The van der Waals surface area contributed by atoms with Crippen LogP contribution in [0.3, 0.4) is 0 Å². The molecule has 29 heavy (non-hydrogen) atoms. The molecule has 0 heterocycles. The molecular weight excluding hydrogens is 390 g/mol. The zero-order valence-corrected chi connectivity index (χ0v) is 15.6. The van der Waals surface area contributed by atoms with E-state index in [1.807, 2.05) is 0 Å². The molecule has 0 aromatic heterocycles. The minimum absolute atomic E-state index is 0.0471. The Morgan fingerprint density at radius 3 is 1.83 bits per heavy atom. The van der Waals surface area contributed by atoms with E-state index in [4.69, 9.17) is 0 Å². The molecule has 0 spiro atoms. The van der Waals surface area contributed by atoms with Crippen LogP contribution in [0.5, 0.6) is 0 Å². The molecule has 1 aliphatic carbocycles. The highest BCUT2D eigenvalue weighted by Gasteiger charge is 2.28. The molecule has 6 heteroatoms. The Bertz CT molecular complexity index is 1070. The predicted octanol–water partition coefficient (Wildman–Crippen LogP) is 7.42. The molecule has 0 nitrogen and oxygen atoms in total. The summed E-state index contributed by atoms with van der Waals surface area (Å²) >= 11 is 0. The lowest BCUT2D eigenvalue weighted by Crippen LogP contribution is -2.15. The van der Waals surface area contributed by atoms with Crippen LogP contribution in [0, 0.1) is 41.8 Å².